The van der Waals surface area contributed by atoms with Gasteiger partial charge in [0.2, 0.25) is 0 Å². The molecule has 4 unspecified atom stereocenters. The Kier molecular flexibility index (Phi) is 4.21. The van der Waals surface area contributed by atoms with Crippen LogP contribution >= 0.6 is 48.4 Å². The summed E-state index contributed by atoms with van der Waals surface area (Å²) in [5, 5.41) is 7.11. The van der Waals surface area contributed by atoms with E-state index in [1.807, 2.05) is 5.38 Å². The van der Waals surface area contributed by atoms with Gasteiger partial charge in [0.1, 0.15) is 15.1 Å². The van der Waals surface area contributed by atoms with E-state index in [4.69, 9.17) is 9.73 Å². The Hall–Kier alpha value is 0.320. The maximum atomic E-state index is 5.91. The van der Waals surface area contributed by atoms with Crippen molar-refractivity contribution in [2.75, 3.05) is 12.4 Å². The topological polar surface area (TPSA) is 46.5 Å². The van der Waals surface area contributed by atoms with Crippen LogP contribution in [0.4, 0.5) is 0 Å². The van der Waals surface area contributed by atoms with Crippen molar-refractivity contribution in [2.45, 2.75) is 25.0 Å². The van der Waals surface area contributed by atoms with Crippen LogP contribution in [0.2, 0.25) is 0 Å². The first kappa shape index (κ1) is 14.3. The maximum Gasteiger partial charge on any atom is 0.160 e. The van der Waals surface area contributed by atoms with Crippen molar-refractivity contribution in [3.8, 4) is 0 Å². The molecule has 0 saturated carbocycles. The maximum absolute atomic E-state index is 5.91. The molecular formula is C11H15BrN3OPS2. The minimum absolute atomic E-state index is 0.308. The fourth-order valence-corrected chi connectivity index (χ4v) is 5.44. The number of hydrogen-bond acceptors (Lipinski definition) is 6. The van der Waals surface area contributed by atoms with Crippen LogP contribution in [-0.2, 0) is 10.3 Å². The second-order valence-corrected chi connectivity index (χ2v) is 7.79. The van der Waals surface area contributed by atoms with Crippen molar-refractivity contribution < 1.29 is 4.74 Å². The molecule has 8 heteroatoms. The lowest BCUT2D eigenvalue weighted by molar-refractivity contribution is -0.0467. The summed E-state index contributed by atoms with van der Waals surface area (Å²) in [5.74, 6) is 1.55. The van der Waals surface area contributed by atoms with Gasteiger partial charge >= 0.3 is 0 Å². The zero-order valence-corrected chi connectivity index (χ0v) is 14.8. The number of rotatable bonds is 1. The highest BCUT2D eigenvalue weighted by molar-refractivity contribution is 9.10. The summed E-state index contributed by atoms with van der Waals surface area (Å²) in [7, 11) is 2.52. The fourth-order valence-electron chi connectivity index (χ4n) is 2.58. The van der Waals surface area contributed by atoms with Gasteiger partial charge in [0.25, 0.3) is 0 Å². The van der Waals surface area contributed by atoms with Gasteiger partial charge in [-0.1, -0.05) is 11.8 Å². The van der Waals surface area contributed by atoms with Gasteiger partial charge < -0.3 is 9.82 Å². The first-order chi connectivity index (χ1) is 9.14. The molecule has 4 nitrogen and oxygen atoms in total. The molecule has 0 amide bonds. The average Bonchev–Trinajstić information content (AvgIpc) is 2.85. The van der Waals surface area contributed by atoms with E-state index in [0.717, 1.165) is 27.0 Å². The van der Waals surface area contributed by atoms with E-state index in [1.54, 1.807) is 23.1 Å². The molecule has 0 spiro atoms. The lowest BCUT2D eigenvalue weighted by Crippen LogP contribution is -2.49. The van der Waals surface area contributed by atoms with E-state index >= 15 is 0 Å². The van der Waals surface area contributed by atoms with Crippen molar-refractivity contribution in [1.82, 2.24) is 10.1 Å². The molecule has 0 aliphatic carbocycles. The third kappa shape index (κ3) is 2.60. The molecule has 19 heavy (non-hydrogen) atoms. The van der Waals surface area contributed by atoms with Gasteiger partial charge in [-0.3, -0.25) is 0 Å². The smallest absolute Gasteiger partial charge is 0.160 e. The third-order valence-electron chi connectivity index (χ3n) is 3.57. The molecule has 2 aliphatic rings. The first-order valence-electron chi connectivity index (χ1n) is 6.06. The van der Waals surface area contributed by atoms with E-state index in [9.17, 15) is 0 Å². The predicted molar refractivity (Wildman–Crippen MR) is 87.8 cm³/mol. The number of halogens is 1. The Balaban J connectivity index is 2.04. The lowest BCUT2D eigenvalue weighted by atomic mass is 9.80. The van der Waals surface area contributed by atoms with Gasteiger partial charge in [0.05, 0.1) is 12.7 Å². The largest absolute Gasteiger partial charge is 0.375 e. The molecule has 1 aromatic heterocycles. The molecule has 1 N–H and O–H groups in total. The van der Waals surface area contributed by atoms with Gasteiger partial charge in [-0.25, -0.2) is 9.98 Å². The van der Waals surface area contributed by atoms with Crippen molar-refractivity contribution in [3.05, 3.63) is 15.0 Å². The molecule has 0 aromatic carbocycles. The van der Waals surface area contributed by atoms with E-state index in [1.165, 1.54) is 0 Å². The summed E-state index contributed by atoms with van der Waals surface area (Å²) in [6.07, 6.45) is 1.35. The van der Waals surface area contributed by atoms with Crippen LogP contribution < -0.4 is 5.09 Å². The minimum atomic E-state index is -0.312. The summed E-state index contributed by atoms with van der Waals surface area (Å²) in [6.45, 7) is 2.76. The number of amidine groups is 1. The number of aliphatic imine (C=N–C) groups is 1. The number of nitrogens with zero attached hydrogens (tertiary/aromatic N) is 2. The van der Waals surface area contributed by atoms with Crippen LogP contribution in [0.5, 0.6) is 0 Å². The van der Waals surface area contributed by atoms with E-state index in [0.29, 0.717) is 18.6 Å². The lowest BCUT2D eigenvalue weighted by Gasteiger charge is -2.44. The Morgan fingerprint density at radius 1 is 1.63 bits per heavy atom. The van der Waals surface area contributed by atoms with Crippen molar-refractivity contribution in [2.24, 2.45) is 10.9 Å². The first-order valence-corrected chi connectivity index (χ1v) is 9.30. The summed E-state index contributed by atoms with van der Waals surface area (Å²) < 4.78 is 6.79. The second-order valence-electron chi connectivity index (χ2n) is 4.83. The van der Waals surface area contributed by atoms with Crippen molar-refractivity contribution >= 4 is 53.6 Å². The quantitative estimate of drug-likeness (QED) is 0.761. The Morgan fingerprint density at radius 2 is 2.47 bits per heavy atom. The molecule has 4 atom stereocenters. The zero-order chi connectivity index (χ0) is 13.5. The molecule has 0 radical (unpaired) electrons. The number of aromatic nitrogens is 1. The summed E-state index contributed by atoms with van der Waals surface area (Å²) >= 11 is 6.88. The van der Waals surface area contributed by atoms with Gasteiger partial charge in [-0.15, -0.1) is 11.3 Å². The number of thiazole rings is 1. The Morgan fingerprint density at radius 3 is 3.16 bits per heavy atom. The van der Waals surface area contributed by atoms with Crippen LogP contribution in [-0.4, -0.2) is 28.6 Å². The van der Waals surface area contributed by atoms with Gasteiger partial charge in [0.15, 0.2) is 5.17 Å². The fraction of sp³-hybridized carbons (Fsp3) is 0.636. The molecule has 3 heterocycles. The van der Waals surface area contributed by atoms with E-state index in [-0.39, 0.29) is 5.54 Å². The summed E-state index contributed by atoms with van der Waals surface area (Å²) in [4.78, 5) is 9.53. The molecule has 1 saturated heterocycles. The SMILES string of the molecule is CC1CC2CSC(NP)=NC2(c2nc(Br)cs2)CO1. The third-order valence-corrected chi connectivity index (χ3v) is 6.82. The van der Waals surface area contributed by atoms with Crippen molar-refractivity contribution in [3.63, 3.8) is 0 Å². The number of fused-ring (bicyclic) bond motifs is 1. The number of ether oxygens (including phenoxy) is 1. The highest BCUT2D eigenvalue weighted by Gasteiger charge is 2.49. The van der Waals surface area contributed by atoms with Crippen LogP contribution in [0.25, 0.3) is 0 Å². The Bertz CT molecular complexity index is 512. The number of thioether (sulfide) groups is 1. The van der Waals surface area contributed by atoms with E-state index in [2.05, 4.69) is 42.3 Å². The van der Waals surface area contributed by atoms with Crippen LogP contribution in [0.3, 0.4) is 0 Å². The van der Waals surface area contributed by atoms with Gasteiger partial charge in [0, 0.05) is 17.1 Å². The molecule has 104 valence electrons. The highest BCUT2D eigenvalue weighted by Crippen LogP contribution is 2.47. The van der Waals surface area contributed by atoms with Crippen LogP contribution in [0, 0.1) is 5.92 Å². The molecule has 2 aliphatic heterocycles. The van der Waals surface area contributed by atoms with Crippen LogP contribution in [0.15, 0.2) is 15.0 Å². The van der Waals surface area contributed by atoms with Gasteiger partial charge in [-0.05, 0) is 38.7 Å². The average molecular weight is 380 g/mol. The summed E-state index contributed by atoms with van der Waals surface area (Å²) in [6, 6.07) is 0. The number of hydrogen-bond donors (Lipinski definition) is 1. The van der Waals surface area contributed by atoms with Crippen molar-refractivity contribution in [1.29, 1.82) is 0 Å². The number of nitrogens with one attached hydrogen (secondary N) is 1. The molecular weight excluding hydrogens is 365 g/mol. The zero-order valence-electron chi connectivity index (χ0n) is 10.4. The summed E-state index contributed by atoms with van der Waals surface area (Å²) in [5.41, 5.74) is -0.312. The molecule has 0 bridgehead atoms. The van der Waals surface area contributed by atoms with Gasteiger partial charge in [-0.2, -0.15) is 0 Å². The molecule has 1 aromatic rings. The molecule has 1 fully saturated rings. The minimum Gasteiger partial charge on any atom is -0.375 e. The monoisotopic (exact) mass is 379 g/mol. The van der Waals surface area contributed by atoms with Crippen LogP contribution in [0.1, 0.15) is 18.4 Å². The van der Waals surface area contributed by atoms with E-state index < -0.39 is 0 Å². The molecule has 3 rings (SSSR count). The normalized spacial score (nSPS) is 34.6. The predicted octanol–water partition coefficient (Wildman–Crippen LogP) is 3.01. The second kappa shape index (κ2) is 5.60. The Labute approximate surface area is 131 Å². The standard InChI is InChI=1S/C11H15BrN3OPS2/c1-6-2-7-3-19-10(15-17)14-11(7,5-16-6)9-13-8(12)4-18-9/h4,6-7H,2-3,5,17H2,1H3,(H,14,15). The highest BCUT2D eigenvalue weighted by atomic mass is 79.9.